The van der Waals surface area contributed by atoms with Crippen LogP contribution in [0.4, 0.5) is 11.4 Å². The number of anilines is 2. The van der Waals surface area contributed by atoms with E-state index in [1.54, 1.807) is 31.2 Å². The molecule has 0 unspecified atom stereocenters. The number of ether oxygens (including phenoxy) is 2. The molecule has 6 aliphatic heterocycles. The van der Waals surface area contributed by atoms with Crippen LogP contribution in [0, 0.1) is 37.1 Å². The minimum atomic E-state index is -0.0796. The molecule has 9 aromatic rings. The van der Waals surface area contributed by atoms with E-state index in [0.29, 0.717) is 34.2 Å². The molecular formula is C98H92N10O2. The number of fused-ring (bicyclic) bond motifs is 8. The van der Waals surface area contributed by atoms with Gasteiger partial charge in [-0.2, -0.15) is 19.4 Å². The Labute approximate surface area is 648 Å². The average Bonchev–Trinajstić information content (AvgIpc) is 0.818. The van der Waals surface area contributed by atoms with Crippen molar-refractivity contribution < 1.29 is 9.47 Å². The van der Waals surface area contributed by atoms with Gasteiger partial charge in [-0.1, -0.05) is 201 Å². The average molecular weight is 1440 g/mol. The van der Waals surface area contributed by atoms with Gasteiger partial charge in [0.2, 0.25) is 0 Å². The molecule has 0 fully saturated rings. The van der Waals surface area contributed by atoms with Crippen LogP contribution < -0.4 is 9.80 Å². The summed E-state index contributed by atoms with van der Waals surface area (Å²) in [5.74, 6) is 2.68. The summed E-state index contributed by atoms with van der Waals surface area (Å²) in [6.45, 7) is 61.5. The number of aromatic nitrogens is 4. The van der Waals surface area contributed by atoms with Crippen molar-refractivity contribution >= 4 is 69.9 Å². The van der Waals surface area contributed by atoms with Crippen LogP contribution in [-0.4, -0.2) is 45.1 Å². The number of nitrogens with zero attached hydrogens (tertiary/aromatic N) is 8. The lowest BCUT2D eigenvalue weighted by molar-refractivity contribution is 0.000833. The van der Waals surface area contributed by atoms with Gasteiger partial charge < -0.3 is 29.2 Å². The zero-order chi connectivity index (χ0) is 78.2. The highest BCUT2D eigenvalue weighted by Crippen LogP contribution is 2.68. The molecule has 0 spiro atoms. The molecule has 0 aliphatic carbocycles. The van der Waals surface area contributed by atoms with Gasteiger partial charge in [0.25, 0.3) is 0 Å². The molecule has 0 amide bonds. The van der Waals surface area contributed by atoms with E-state index in [9.17, 15) is 0 Å². The van der Waals surface area contributed by atoms with E-state index in [1.165, 1.54) is 16.8 Å². The fourth-order valence-electron chi connectivity index (χ4n) is 16.1. The summed E-state index contributed by atoms with van der Waals surface area (Å²) in [5, 5.41) is 0. The molecule has 15 rings (SSSR count). The van der Waals surface area contributed by atoms with Gasteiger partial charge in [-0.15, -0.1) is 0 Å². The molecular weight excluding hydrogens is 1350 g/mol. The molecule has 0 saturated heterocycles. The Morgan fingerprint density at radius 2 is 0.709 bits per heavy atom. The largest absolute Gasteiger partial charge is 0.526 e. The van der Waals surface area contributed by atoms with Crippen LogP contribution in [0.5, 0.6) is 0 Å². The molecule has 2 N–H and O–H groups in total. The maximum atomic E-state index is 7.35. The molecule has 9 heterocycles. The van der Waals surface area contributed by atoms with Gasteiger partial charge in [0.15, 0.2) is 0 Å². The number of hydrogen-bond donors (Lipinski definition) is 2. The first-order valence-electron chi connectivity index (χ1n) is 37.2. The summed E-state index contributed by atoms with van der Waals surface area (Å²) < 4.78 is 11.6. The fourth-order valence-corrected chi connectivity index (χ4v) is 16.1. The van der Waals surface area contributed by atoms with Crippen LogP contribution in [0.1, 0.15) is 142 Å². The number of allylic oxidation sites excluding steroid dienone is 10. The standard InChI is InChI=1S/C44H30N4.C35H45N3O.C19H17N3O/c1-5-13-29(14-6-1)41-33-21-23-35(45-33)42(30-15-7-2-8-16-30)37-25-27-39(47-37)44(32-19-11-4-12-20-32)40-28-26-38(48-40)43(31-17-9-3-10-18-31)36-24-22-34(41)46-36;1-22-18-24(29(36-14)37-15)21-25(39-22)17-16-23-19-26-28-27(20-23)31(4,5)33(8,9)35(12,13)38(28)34(10,11)32(6,7)30(26,2)3;1-14-12-16(19(20-2)21-3)13-18(23-14)11-8-15-6-9-17(10-7-15)22(4)5/h1-28,45,48H;16-21H,1-13H3;6-13H,1,4-5H3/b;17-16+;11-8+. The third-order valence-electron chi connectivity index (χ3n) is 24.1. The Morgan fingerprint density at radius 3 is 1.01 bits per heavy atom. The number of aromatic amines is 2. The lowest BCUT2D eigenvalue weighted by Crippen LogP contribution is -2.76. The maximum Gasteiger partial charge on any atom is 0.526 e. The van der Waals surface area contributed by atoms with Gasteiger partial charge in [-0.3, -0.25) is 0 Å². The summed E-state index contributed by atoms with van der Waals surface area (Å²) in [5.41, 5.74) is 24.5. The number of nitrogens with one attached hydrogen (secondary N) is 2. The van der Waals surface area contributed by atoms with Crippen molar-refractivity contribution in [3.05, 3.63) is 355 Å². The van der Waals surface area contributed by atoms with Crippen LogP contribution in [0.2, 0.25) is 0 Å². The van der Waals surface area contributed by atoms with Crippen molar-refractivity contribution in [1.29, 1.82) is 0 Å². The second kappa shape index (κ2) is 29.6. The highest BCUT2D eigenvalue weighted by Gasteiger charge is 2.66. The molecule has 6 aromatic carbocycles. The van der Waals surface area contributed by atoms with E-state index in [0.717, 1.165) is 106 Å². The van der Waals surface area contributed by atoms with E-state index in [4.69, 9.17) is 45.7 Å². The van der Waals surface area contributed by atoms with Gasteiger partial charge >= 0.3 is 11.6 Å². The smallest absolute Gasteiger partial charge is 0.462 e. The van der Waals surface area contributed by atoms with E-state index < -0.39 is 0 Å². The summed E-state index contributed by atoms with van der Waals surface area (Å²) in [6, 6.07) is 63.5. The van der Waals surface area contributed by atoms with E-state index >= 15 is 0 Å². The molecule has 12 nitrogen and oxygen atoms in total. The van der Waals surface area contributed by atoms with Crippen LogP contribution in [0.15, 0.2) is 264 Å². The molecule has 6 aliphatic rings. The van der Waals surface area contributed by atoms with Crippen molar-refractivity contribution in [2.45, 2.75) is 119 Å². The Morgan fingerprint density at radius 1 is 0.400 bits per heavy atom. The number of rotatable bonds is 9. The third kappa shape index (κ3) is 13.8. The predicted octanol–water partition coefficient (Wildman–Crippen LogP) is 25.5. The molecule has 546 valence electrons. The van der Waals surface area contributed by atoms with Gasteiger partial charge in [0.1, 0.15) is 49.3 Å². The molecule has 0 atom stereocenters. The monoisotopic (exact) mass is 1440 g/mol. The summed E-state index contributed by atoms with van der Waals surface area (Å²) in [6.07, 6.45) is 23.3. The number of benzene rings is 6. The van der Waals surface area contributed by atoms with E-state index in [-0.39, 0.29) is 44.4 Å². The lowest BCUT2D eigenvalue weighted by atomic mass is 9.46. The molecule has 8 bridgehead atoms. The van der Waals surface area contributed by atoms with Crippen molar-refractivity contribution in [2.24, 2.45) is 10.8 Å². The quantitative estimate of drug-likeness (QED) is 0.140. The lowest BCUT2D eigenvalue weighted by Gasteiger charge is -2.73. The van der Waals surface area contributed by atoms with Crippen molar-refractivity contribution in [2.75, 3.05) is 23.9 Å². The minimum Gasteiger partial charge on any atom is -0.462 e. The SMILES string of the molecule is C1=Cc2nc1c(-c1ccccc1)c1ccc([nH]1)c(-c1ccccc1)c1nc(c(-c3ccccc3)c3ccc([nH]3)c2-c2ccccc2)C=C1.[C-]#[N+]C([N+]#[C-])=C1C=C(C)OC(/C=C/c2cc3c4c(c2)C(C)(C)C(C)(C)C(C)(C)N4C(C)(C)C(C)(C)C3(C)C)=C1.[C-]#[N+]C([N+]#[C-])=C1C=C(C)OC(/C=C/c2ccc(N(C)C)cc2)=C1. The Hall–Kier alpha value is -13.0. The normalized spacial score (nSPS) is 16.7. The summed E-state index contributed by atoms with van der Waals surface area (Å²) in [4.78, 5) is 36.4. The molecule has 3 aromatic heterocycles. The maximum absolute atomic E-state index is 7.35. The Kier molecular flexibility index (Phi) is 20.3. The zero-order valence-corrected chi connectivity index (χ0v) is 65.6. The first-order chi connectivity index (χ1) is 52.5. The van der Waals surface area contributed by atoms with Gasteiger partial charge in [0.05, 0.1) is 33.9 Å². The highest BCUT2D eigenvalue weighted by atomic mass is 16.5. The van der Waals surface area contributed by atoms with E-state index in [1.807, 2.05) is 92.7 Å². The first-order valence-corrected chi connectivity index (χ1v) is 37.2. The van der Waals surface area contributed by atoms with Gasteiger partial charge in [-0.05, 0) is 217 Å². The van der Waals surface area contributed by atoms with Crippen molar-refractivity contribution in [3.8, 4) is 44.5 Å². The summed E-state index contributed by atoms with van der Waals surface area (Å²) in [7, 11) is 4.00. The number of hydrogen-bond acceptors (Lipinski definition) is 6. The van der Waals surface area contributed by atoms with Crippen LogP contribution in [0.3, 0.4) is 0 Å². The Bertz CT molecular complexity index is 5410. The van der Waals surface area contributed by atoms with Gasteiger partial charge in [-0.25, -0.2) is 9.97 Å². The summed E-state index contributed by atoms with van der Waals surface area (Å²) >= 11 is 0. The van der Waals surface area contributed by atoms with Crippen LogP contribution >= 0.6 is 0 Å². The minimum absolute atomic E-state index is 0.0199. The second-order valence-electron chi connectivity index (χ2n) is 31.9. The second-order valence-corrected chi connectivity index (χ2v) is 31.9. The van der Waals surface area contributed by atoms with Gasteiger partial charge in [0, 0.05) is 80.9 Å². The predicted molar refractivity (Wildman–Crippen MR) is 456 cm³/mol. The van der Waals surface area contributed by atoms with Crippen LogP contribution in [-0.2, 0) is 20.3 Å². The zero-order valence-electron chi connectivity index (χ0n) is 65.6. The van der Waals surface area contributed by atoms with Crippen molar-refractivity contribution in [1.82, 2.24) is 19.9 Å². The molecule has 0 saturated carbocycles. The Balaban J connectivity index is 0.000000154. The fraction of sp³-hybridized carbons (Fsp3) is 0.224. The number of H-pyrrole nitrogens is 2. The van der Waals surface area contributed by atoms with E-state index in [2.05, 4.69) is 281 Å². The van der Waals surface area contributed by atoms with Crippen LogP contribution in [0.25, 0.3) is 122 Å². The first kappa shape index (κ1) is 75.2. The topological polar surface area (TPSA) is 99.7 Å². The molecule has 0 radical (unpaired) electrons. The van der Waals surface area contributed by atoms with Crippen molar-refractivity contribution in [3.63, 3.8) is 0 Å². The molecule has 12 heteroatoms. The molecule has 110 heavy (non-hydrogen) atoms. The highest BCUT2D eigenvalue weighted by molar-refractivity contribution is 6.00. The third-order valence-corrected chi connectivity index (χ3v) is 24.1.